The molecule has 2 N–H and O–H groups in total. The molecular weight excluding hydrogens is 304 g/mol. The van der Waals surface area contributed by atoms with Gasteiger partial charge in [0.05, 0.1) is 11.7 Å². The van der Waals surface area contributed by atoms with Crippen LogP contribution in [0.2, 0.25) is 0 Å². The summed E-state index contributed by atoms with van der Waals surface area (Å²) >= 11 is 0. The molecule has 0 aliphatic carbocycles. The molecule has 2 aromatic carbocycles. The van der Waals surface area contributed by atoms with Crippen LogP contribution in [0.4, 0.5) is 0 Å². The molecule has 0 aliphatic heterocycles. The maximum absolute atomic E-state index is 11.0. The van der Waals surface area contributed by atoms with Crippen LogP contribution in [0.15, 0.2) is 48.5 Å². The monoisotopic (exact) mass is 328 g/mol. The molecule has 0 fully saturated rings. The van der Waals surface area contributed by atoms with Crippen molar-refractivity contribution in [3.05, 3.63) is 65.2 Å². The minimum atomic E-state index is -0.950. The topological polar surface area (TPSA) is 66.8 Å². The Hall–Kier alpha value is -2.33. The van der Waals surface area contributed by atoms with Crippen LogP contribution in [0.5, 0.6) is 5.75 Å². The van der Waals surface area contributed by atoms with Gasteiger partial charge < -0.3 is 14.9 Å². The van der Waals surface area contributed by atoms with Crippen LogP contribution in [0, 0.1) is 0 Å². The molecule has 0 spiro atoms. The lowest BCUT2D eigenvalue weighted by Gasteiger charge is -2.13. The second kappa shape index (κ2) is 9.08. The summed E-state index contributed by atoms with van der Waals surface area (Å²) in [5, 5.41) is 19.2. The Morgan fingerprint density at radius 3 is 2.67 bits per heavy atom. The summed E-state index contributed by atoms with van der Waals surface area (Å²) in [5.74, 6) is -0.281. The SMILES string of the molecule is CCCCC[C@@H](O)c1cccc(OCc2cccc(C(=O)O)c2)c1. The number of carbonyl (C=O) groups is 1. The van der Waals surface area contributed by atoms with Gasteiger partial charge in [0, 0.05) is 0 Å². The van der Waals surface area contributed by atoms with E-state index in [0.29, 0.717) is 5.75 Å². The van der Waals surface area contributed by atoms with Gasteiger partial charge in [0.2, 0.25) is 0 Å². The third-order valence-electron chi connectivity index (χ3n) is 3.90. The van der Waals surface area contributed by atoms with Crippen molar-refractivity contribution in [2.75, 3.05) is 0 Å². The average molecular weight is 328 g/mol. The summed E-state index contributed by atoms with van der Waals surface area (Å²) in [5.41, 5.74) is 1.89. The Kier molecular flexibility index (Phi) is 6.82. The van der Waals surface area contributed by atoms with Crippen LogP contribution in [0.1, 0.15) is 60.2 Å². The van der Waals surface area contributed by atoms with Crippen molar-refractivity contribution in [3.8, 4) is 5.75 Å². The maximum atomic E-state index is 11.0. The van der Waals surface area contributed by atoms with Crippen molar-refractivity contribution >= 4 is 5.97 Å². The maximum Gasteiger partial charge on any atom is 0.335 e. The first-order valence-corrected chi connectivity index (χ1v) is 8.33. The quantitative estimate of drug-likeness (QED) is 0.661. The third-order valence-corrected chi connectivity index (χ3v) is 3.90. The van der Waals surface area contributed by atoms with Crippen LogP contribution < -0.4 is 4.74 Å². The molecule has 24 heavy (non-hydrogen) atoms. The van der Waals surface area contributed by atoms with E-state index in [2.05, 4.69) is 6.92 Å². The van der Waals surface area contributed by atoms with Gasteiger partial charge in [0.25, 0.3) is 0 Å². The molecule has 0 heterocycles. The van der Waals surface area contributed by atoms with Crippen molar-refractivity contribution < 1.29 is 19.7 Å². The van der Waals surface area contributed by atoms with E-state index in [0.717, 1.165) is 36.8 Å². The van der Waals surface area contributed by atoms with Gasteiger partial charge in [0.1, 0.15) is 12.4 Å². The first-order chi connectivity index (χ1) is 11.6. The number of unbranched alkanes of at least 4 members (excludes halogenated alkanes) is 2. The lowest BCUT2D eigenvalue weighted by atomic mass is 10.0. The second-order valence-corrected chi connectivity index (χ2v) is 5.88. The Labute approximate surface area is 142 Å². The average Bonchev–Trinajstić information content (AvgIpc) is 2.60. The minimum absolute atomic E-state index is 0.246. The number of hydrogen-bond acceptors (Lipinski definition) is 3. The molecule has 2 rings (SSSR count). The number of carboxylic acid groups (broad SMARTS) is 1. The summed E-state index contributed by atoms with van der Waals surface area (Å²) in [6.07, 6.45) is 3.52. The smallest absolute Gasteiger partial charge is 0.335 e. The standard InChI is InChI=1S/C20H24O4/c1-2-3-4-11-19(21)16-8-6-10-18(13-16)24-14-15-7-5-9-17(12-15)20(22)23/h5-10,12-13,19,21H,2-4,11,14H2,1H3,(H,22,23)/t19-/m1/s1. The summed E-state index contributed by atoms with van der Waals surface area (Å²) in [7, 11) is 0. The van der Waals surface area contributed by atoms with E-state index >= 15 is 0 Å². The molecule has 0 aliphatic rings. The van der Waals surface area contributed by atoms with E-state index in [1.54, 1.807) is 18.2 Å². The normalized spacial score (nSPS) is 11.9. The fraction of sp³-hybridized carbons (Fsp3) is 0.350. The van der Waals surface area contributed by atoms with E-state index in [9.17, 15) is 9.90 Å². The van der Waals surface area contributed by atoms with Gasteiger partial charge in [-0.1, -0.05) is 50.5 Å². The molecule has 1 atom stereocenters. The van der Waals surface area contributed by atoms with Gasteiger partial charge in [-0.05, 0) is 41.8 Å². The number of aliphatic hydroxyl groups is 1. The van der Waals surface area contributed by atoms with Crippen molar-refractivity contribution in [1.82, 2.24) is 0 Å². The Morgan fingerprint density at radius 2 is 1.92 bits per heavy atom. The molecular formula is C20H24O4. The summed E-state index contributed by atoms with van der Waals surface area (Å²) in [6, 6.07) is 14.1. The molecule has 2 aromatic rings. The molecule has 0 amide bonds. The summed E-state index contributed by atoms with van der Waals surface area (Å²) < 4.78 is 5.74. The van der Waals surface area contributed by atoms with Gasteiger partial charge in [0.15, 0.2) is 0 Å². The van der Waals surface area contributed by atoms with E-state index in [1.165, 1.54) is 0 Å². The van der Waals surface area contributed by atoms with E-state index in [-0.39, 0.29) is 12.2 Å². The zero-order chi connectivity index (χ0) is 17.4. The lowest BCUT2D eigenvalue weighted by molar-refractivity contribution is 0.0696. The predicted molar refractivity (Wildman–Crippen MR) is 93.3 cm³/mol. The summed E-state index contributed by atoms with van der Waals surface area (Å²) in [4.78, 5) is 11.0. The van der Waals surface area contributed by atoms with Gasteiger partial charge in [-0.25, -0.2) is 4.79 Å². The minimum Gasteiger partial charge on any atom is -0.489 e. The predicted octanol–water partition coefficient (Wildman–Crippen LogP) is 4.58. The molecule has 0 aromatic heterocycles. The third kappa shape index (κ3) is 5.39. The Bertz CT molecular complexity index is 666. The van der Waals surface area contributed by atoms with Crippen LogP contribution in [-0.4, -0.2) is 16.2 Å². The number of aromatic carboxylic acids is 1. The van der Waals surface area contributed by atoms with E-state index < -0.39 is 12.1 Å². The molecule has 4 nitrogen and oxygen atoms in total. The lowest BCUT2D eigenvalue weighted by Crippen LogP contribution is -2.01. The highest BCUT2D eigenvalue weighted by Gasteiger charge is 2.09. The van der Waals surface area contributed by atoms with E-state index in [4.69, 9.17) is 9.84 Å². The number of carboxylic acids is 1. The number of rotatable bonds is 9. The number of hydrogen-bond donors (Lipinski definition) is 2. The Morgan fingerprint density at radius 1 is 1.12 bits per heavy atom. The zero-order valence-electron chi connectivity index (χ0n) is 13.9. The van der Waals surface area contributed by atoms with Crippen molar-refractivity contribution in [2.45, 2.75) is 45.3 Å². The number of benzene rings is 2. The first kappa shape index (κ1) is 18.0. The fourth-order valence-corrected chi connectivity index (χ4v) is 2.53. The Balaban J connectivity index is 1.97. The molecule has 0 radical (unpaired) electrons. The van der Waals surface area contributed by atoms with Crippen LogP contribution in [0.3, 0.4) is 0 Å². The highest BCUT2D eigenvalue weighted by atomic mass is 16.5. The molecule has 0 unspecified atom stereocenters. The van der Waals surface area contributed by atoms with Gasteiger partial charge >= 0.3 is 5.97 Å². The van der Waals surface area contributed by atoms with Crippen molar-refractivity contribution in [2.24, 2.45) is 0 Å². The van der Waals surface area contributed by atoms with Crippen LogP contribution in [-0.2, 0) is 6.61 Å². The largest absolute Gasteiger partial charge is 0.489 e. The fourth-order valence-electron chi connectivity index (χ4n) is 2.53. The molecule has 4 heteroatoms. The van der Waals surface area contributed by atoms with Crippen LogP contribution in [0.25, 0.3) is 0 Å². The van der Waals surface area contributed by atoms with Crippen molar-refractivity contribution in [3.63, 3.8) is 0 Å². The molecule has 0 saturated heterocycles. The van der Waals surface area contributed by atoms with E-state index in [1.807, 2.05) is 30.3 Å². The van der Waals surface area contributed by atoms with Gasteiger partial charge in [-0.2, -0.15) is 0 Å². The highest BCUT2D eigenvalue weighted by molar-refractivity contribution is 5.87. The number of ether oxygens (including phenoxy) is 1. The highest BCUT2D eigenvalue weighted by Crippen LogP contribution is 2.24. The van der Waals surface area contributed by atoms with Gasteiger partial charge in [-0.3, -0.25) is 0 Å². The van der Waals surface area contributed by atoms with Crippen molar-refractivity contribution in [1.29, 1.82) is 0 Å². The summed E-state index contributed by atoms with van der Waals surface area (Å²) in [6.45, 7) is 2.43. The second-order valence-electron chi connectivity index (χ2n) is 5.88. The molecule has 0 saturated carbocycles. The molecule has 0 bridgehead atoms. The van der Waals surface area contributed by atoms with Crippen LogP contribution >= 0.6 is 0 Å². The number of aliphatic hydroxyl groups excluding tert-OH is 1. The first-order valence-electron chi connectivity index (χ1n) is 8.33. The van der Waals surface area contributed by atoms with Gasteiger partial charge in [-0.15, -0.1) is 0 Å². The molecule has 128 valence electrons. The zero-order valence-corrected chi connectivity index (χ0v) is 13.9.